The first-order valence-corrected chi connectivity index (χ1v) is 4.19. The van der Waals surface area contributed by atoms with Gasteiger partial charge in [-0.25, -0.2) is 4.39 Å². The Morgan fingerprint density at radius 1 is 1.54 bits per heavy atom. The number of ether oxygens (including phenoxy) is 1. The summed E-state index contributed by atoms with van der Waals surface area (Å²) in [5.74, 6) is 5.79. The van der Waals surface area contributed by atoms with Crippen molar-refractivity contribution in [3.8, 4) is 17.6 Å². The van der Waals surface area contributed by atoms with Gasteiger partial charge in [0.05, 0.1) is 18.6 Å². The monoisotopic (exact) mass is 198 g/mol. The molecule has 0 unspecified atom stereocenters. The lowest BCUT2D eigenvalue weighted by Crippen LogP contribution is -1.88. The number of methoxy groups -OCH3 is 1. The van der Waals surface area contributed by atoms with Gasteiger partial charge in [-0.2, -0.15) is 0 Å². The van der Waals surface area contributed by atoms with Crippen molar-refractivity contribution in [3.63, 3.8) is 0 Å². The molecule has 0 bridgehead atoms. The van der Waals surface area contributed by atoms with Crippen LogP contribution >= 0.6 is 11.6 Å². The molecule has 0 aliphatic rings. The van der Waals surface area contributed by atoms with Gasteiger partial charge in [-0.05, 0) is 18.2 Å². The Labute approximate surface area is 81.5 Å². The summed E-state index contributed by atoms with van der Waals surface area (Å²) in [5.41, 5.74) is 0.517. The molecule has 0 saturated carbocycles. The van der Waals surface area contributed by atoms with E-state index in [1.165, 1.54) is 25.3 Å². The van der Waals surface area contributed by atoms with E-state index in [4.69, 9.17) is 16.3 Å². The maximum Gasteiger partial charge on any atom is 0.134 e. The van der Waals surface area contributed by atoms with Gasteiger partial charge in [-0.15, -0.1) is 11.6 Å². The molecule has 1 rings (SSSR count). The number of hydrogen-bond donors (Lipinski definition) is 0. The highest BCUT2D eigenvalue weighted by Gasteiger charge is 2.00. The smallest absolute Gasteiger partial charge is 0.134 e. The van der Waals surface area contributed by atoms with Crippen molar-refractivity contribution in [1.29, 1.82) is 0 Å². The van der Waals surface area contributed by atoms with Crippen LogP contribution in [0.4, 0.5) is 4.39 Å². The normalized spacial score (nSPS) is 8.85. The van der Waals surface area contributed by atoms with Crippen LogP contribution in [-0.4, -0.2) is 13.0 Å². The fraction of sp³-hybridized carbons (Fsp3) is 0.200. The standard InChI is InChI=1S/C10H8ClFO/c1-13-10-5-4-9(12)7-8(10)3-2-6-11/h4-5,7H,6H2,1H3. The first kappa shape index (κ1) is 9.88. The number of halogens is 2. The molecule has 0 aliphatic carbocycles. The van der Waals surface area contributed by atoms with Gasteiger partial charge in [0, 0.05) is 0 Å². The summed E-state index contributed by atoms with van der Waals surface area (Å²) >= 11 is 5.38. The zero-order valence-electron chi connectivity index (χ0n) is 7.10. The highest BCUT2D eigenvalue weighted by Crippen LogP contribution is 2.17. The highest BCUT2D eigenvalue weighted by atomic mass is 35.5. The predicted octanol–water partition coefficient (Wildman–Crippen LogP) is 2.42. The van der Waals surface area contributed by atoms with Gasteiger partial charge in [0.15, 0.2) is 0 Å². The zero-order chi connectivity index (χ0) is 9.68. The Hall–Kier alpha value is -1.20. The average Bonchev–Trinajstić information content (AvgIpc) is 2.15. The van der Waals surface area contributed by atoms with E-state index in [1.807, 2.05) is 0 Å². The molecule has 0 spiro atoms. The van der Waals surface area contributed by atoms with E-state index in [0.29, 0.717) is 11.3 Å². The summed E-state index contributed by atoms with van der Waals surface area (Å²) in [6, 6.07) is 4.18. The lowest BCUT2D eigenvalue weighted by molar-refractivity contribution is 0.412. The molecule has 68 valence electrons. The second kappa shape index (κ2) is 4.74. The number of benzene rings is 1. The third-order valence-corrected chi connectivity index (χ3v) is 1.59. The minimum Gasteiger partial charge on any atom is -0.495 e. The van der Waals surface area contributed by atoms with Gasteiger partial charge in [0.1, 0.15) is 11.6 Å². The van der Waals surface area contributed by atoms with Crippen LogP contribution in [0.1, 0.15) is 5.56 Å². The Balaban J connectivity index is 3.08. The molecule has 3 heteroatoms. The predicted molar refractivity (Wildman–Crippen MR) is 50.6 cm³/mol. The molecule has 1 nitrogen and oxygen atoms in total. The maximum atomic E-state index is 12.8. The molecule has 0 radical (unpaired) electrons. The van der Waals surface area contributed by atoms with Crippen LogP contribution in [0.3, 0.4) is 0 Å². The lowest BCUT2D eigenvalue weighted by atomic mass is 10.2. The van der Waals surface area contributed by atoms with E-state index < -0.39 is 0 Å². The van der Waals surface area contributed by atoms with Crippen molar-refractivity contribution in [2.45, 2.75) is 0 Å². The maximum absolute atomic E-state index is 12.8. The first-order valence-electron chi connectivity index (χ1n) is 3.66. The van der Waals surface area contributed by atoms with Crippen molar-refractivity contribution in [3.05, 3.63) is 29.6 Å². The topological polar surface area (TPSA) is 9.23 Å². The summed E-state index contributed by atoms with van der Waals surface area (Å²) in [4.78, 5) is 0. The van der Waals surface area contributed by atoms with E-state index in [9.17, 15) is 4.39 Å². The molecule has 1 aromatic rings. The second-order valence-electron chi connectivity index (χ2n) is 2.28. The molecule has 0 fully saturated rings. The number of alkyl halides is 1. The van der Waals surface area contributed by atoms with Crippen molar-refractivity contribution in [2.75, 3.05) is 13.0 Å². The molecule has 0 atom stereocenters. The van der Waals surface area contributed by atoms with Gasteiger partial charge >= 0.3 is 0 Å². The Morgan fingerprint density at radius 3 is 2.92 bits per heavy atom. The summed E-state index contributed by atoms with van der Waals surface area (Å²) in [7, 11) is 1.51. The molecule has 0 heterocycles. The largest absolute Gasteiger partial charge is 0.495 e. The van der Waals surface area contributed by atoms with Gasteiger partial charge in [0.25, 0.3) is 0 Å². The van der Waals surface area contributed by atoms with Gasteiger partial charge in [-0.3, -0.25) is 0 Å². The molecule has 0 N–H and O–H groups in total. The third-order valence-electron chi connectivity index (χ3n) is 1.45. The molecule has 0 aromatic heterocycles. The summed E-state index contributed by atoms with van der Waals surface area (Å²) < 4.78 is 17.7. The molecule has 0 amide bonds. The molecule has 1 aromatic carbocycles. The van der Waals surface area contributed by atoms with E-state index in [2.05, 4.69) is 11.8 Å². The summed E-state index contributed by atoms with van der Waals surface area (Å²) in [5, 5.41) is 0. The Bertz CT molecular complexity index is 352. The van der Waals surface area contributed by atoms with E-state index in [-0.39, 0.29) is 11.7 Å². The van der Waals surface area contributed by atoms with Crippen LogP contribution in [0.5, 0.6) is 5.75 Å². The van der Waals surface area contributed by atoms with Crippen molar-refractivity contribution in [2.24, 2.45) is 0 Å². The molecule has 13 heavy (non-hydrogen) atoms. The molecule has 0 aliphatic heterocycles. The van der Waals surface area contributed by atoms with E-state index in [1.54, 1.807) is 0 Å². The quantitative estimate of drug-likeness (QED) is 0.498. The SMILES string of the molecule is COc1ccc(F)cc1C#CCCl. The average molecular weight is 199 g/mol. The number of rotatable bonds is 1. The van der Waals surface area contributed by atoms with Gasteiger partial charge < -0.3 is 4.74 Å². The van der Waals surface area contributed by atoms with Crippen LogP contribution in [0.15, 0.2) is 18.2 Å². The highest BCUT2D eigenvalue weighted by molar-refractivity contribution is 6.19. The molecular weight excluding hydrogens is 191 g/mol. The van der Waals surface area contributed by atoms with Crippen molar-refractivity contribution >= 4 is 11.6 Å². The molecule has 0 saturated heterocycles. The third kappa shape index (κ3) is 2.64. The first-order chi connectivity index (χ1) is 6.27. The van der Waals surface area contributed by atoms with Gasteiger partial charge in [0.2, 0.25) is 0 Å². The van der Waals surface area contributed by atoms with Crippen LogP contribution < -0.4 is 4.74 Å². The summed E-state index contributed by atoms with van der Waals surface area (Å²) in [6.45, 7) is 0. The summed E-state index contributed by atoms with van der Waals surface area (Å²) in [6.07, 6.45) is 0. The van der Waals surface area contributed by atoms with Crippen LogP contribution in [0.2, 0.25) is 0 Å². The number of hydrogen-bond acceptors (Lipinski definition) is 1. The fourth-order valence-corrected chi connectivity index (χ4v) is 0.973. The second-order valence-corrected chi connectivity index (χ2v) is 2.55. The minimum atomic E-state index is -0.334. The lowest BCUT2D eigenvalue weighted by Gasteiger charge is -2.01. The zero-order valence-corrected chi connectivity index (χ0v) is 7.86. The van der Waals surface area contributed by atoms with E-state index >= 15 is 0 Å². The van der Waals surface area contributed by atoms with Crippen LogP contribution in [0.25, 0.3) is 0 Å². The Morgan fingerprint density at radius 2 is 2.31 bits per heavy atom. The van der Waals surface area contributed by atoms with Crippen LogP contribution in [-0.2, 0) is 0 Å². The van der Waals surface area contributed by atoms with Crippen LogP contribution in [0, 0.1) is 17.7 Å². The van der Waals surface area contributed by atoms with Crippen molar-refractivity contribution in [1.82, 2.24) is 0 Å². The Kier molecular flexibility index (Phi) is 3.60. The van der Waals surface area contributed by atoms with Gasteiger partial charge in [-0.1, -0.05) is 11.8 Å². The van der Waals surface area contributed by atoms with Crippen molar-refractivity contribution < 1.29 is 9.13 Å². The molecular formula is C10H8ClFO. The minimum absolute atomic E-state index is 0.222. The fourth-order valence-electron chi connectivity index (χ4n) is 0.907. The van der Waals surface area contributed by atoms with E-state index in [0.717, 1.165) is 0 Å².